The number of ether oxygens (including phenoxy) is 4. The van der Waals surface area contributed by atoms with E-state index in [9.17, 15) is 8.42 Å². The molecule has 2 aliphatic rings. The fraction of sp³-hybridized carbons (Fsp3) is 0.379. The van der Waals surface area contributed by atoms with Gasteiger partial charge in [0.05, 0.1) is 19.0 Å². The third kappa shape index (κ3) is 5.65. The van der Waals surface area contributed by atoms with Crippen molar-refractivity contribution in [1.82, 2.24) is 0 Å². The quantitative estimate of drug-likeness (QED) is 0.299. The van der Waals surface area contributed by atoms with Crippen molar-refractivity contribution in [3.8, 4) is 0 Å². The molecule has 0 amide bonds. The molecule has 2 fully saturated rings. The van der Waals surface area contributed by atoms with Crippen molar-refractivity contribution in [2.24, 2.45) is 0 Å². The zero-order valence-corrected chi connectivity index (χ0v) is 22.0. The summed E-state index contributed by atoms with van der Waals surface area (Å²) in [7, 11) is -3.81. The molecule has 37 heavy (non-hydrogen) atoms. The van der Waals surface area contributed by atoms with Gasteiger partial charge in [0, 0.05) is 6.42 Å². The van der Waals surface area contributed by atoms with Crippen molar-refractivity contribution in [3.05, 3.63) is 108 Å². The van der Waals surface area contributed by atoms with Crippen LogP contribution in [-0.4, -0.2) is 51.7 Å². The average molecular weight is 525 g/mol. The molecule has 2 aliphatic heterocycles. The van der Waals surface area contributed by atoms with Crippen molar-refractivity contribution in [2.75, 3.05) is 12.9 Å². The molecule has 0 aromatic heterocycles. The molecule has 7 nitrogen and oxygen atoms in total. The van der Waals surface area contributed by atoms with E-state index in [4.69, 9.17) is 23.1 Å². The summed E-state index contributed by atoms with van der Waals surface area (Å²) in [4.78, 5) is 0. The molecule has 8 heteroatoms. The molecule has 2 saturated heterocycles. The molecule has 196 valence electrons. The molecule has 0 radical (unpaired) electrons. The van der Waals surface area contributed by atoms with Gasteiger partial charge in [-0.05, 0) is 30.5 Å². The summed E-state index contributed by atoms with van der Waals surface area (Å²) in [6, 6.07) is 29.7. The second kappa shape index (κ2) is 10.3. The summed E-state index contributed by atoms with van der Waals surface area (Å²) in [5, 5.41) is 0. The van der Waals surface area contributed by atoms with Gasteiger partial charge in [-0.15, -0.1) is 0 Å². The maximum Gasteiger partial charge on any atom is 0.264 e. The molecule has 2 heterocycles. The average Bonchev–Trinajstić information content (AvgIpc) is 3.38. The SMILES string of the molecule is CC1(C)O[C@H]2O[C@H]([C@@H](COC(c3ccccc3)(c3ccccc3)c3ccccc3)OS(C)(=O)=O)C[C@H]2O1. The Hall–Kier alpha value is -2.59. The Morgan fingerprint density at radius 2 is 1.35 bits per heavy atom. The van der Waals surface area contributed by atoms with Crippen LogP contribution < -0.4 is 0 Å². The first-order valence-corrected chi connectivity index (χ1v) is 14.2. The van der Waals surface area contributed by atoms with Gasteiger partial charge in [-0.3, -0.25) is 4.18 Å². The van der Waals surface area contributed by atoms with Gasteiger partial charge in [-0.1, -0.05) is 91.0 Å². The minimum Gasteiger partial charge on any atom is -0.358 e. The highest BCUT2D eigenvalue weighted by Gasteiger charge is 2.51. The smallest absolute Gasteiger partial charge is 0.264 e. The lowest BCUT2D eigenvalue weighted by Crippen LogP contribution is -2.41. The number of hydrogen-bond donors (Lipinski definition) is 0. The minimum atomic E-state index is -3.81. The Bertz CT molecular complexity index is 1170. The van der Waals surface area contributed by atoms with Crippen LogP contribution >= 0.6 is 0 Å². The van der Waals surface area contributed by atoms with Crippen molar-refractivity contribution in [2.45, 2.75) is 56.3 Å². The lowest BCUT2D eigenvalue weighted by atomic mass is 9.80. The van der Waals surface area contributed by atoms with Crippen LogP contribution in [0.1, 0.15) is 37.0 Å². The Balaban J connectivity index is 1.52. The Morgan fingerprint density at radius 1 is 0.865 bits per heavy atom. The van der Waals surface area contributed by atoms with Gasteiger partial charge in [0.1, 0.15) is 17.8 Å². The van der Waals surface area contributed by atoms with Crippen molar-refractivity contribution >= 4 is 10.1 Å². The molecule has 0 aliphatic carbocycles. The molecule has 0 spiro atoms. The lowest BCUT2D eigenvalue weighted by Gasteiger charge is -2.37. The minimum absolute atomic E-state index is 0.0563. The maximum atomic E-state index is 12.3. The monoisotopic (exact) mass is 524 g/mol. The summed E-state index contributed by atoms with van der Waals surface area (Å²) in [6.07, 6.45) is -0.954. The first-order valence-electron chi connectivity index (χ1n) is 12.4. The zero-order valence-electron chi connectivity index (χ0n) is 21.1. The standard InChI is InChI=1S/C29H32O7S/c1-28(2)34-25-19-24(33-27(25)35-28)26(36-37(3,30)31)20-32-29(21-13-7-4-8-14-21,22-15-9-5-10-16-22)23-17-11-6-12-18-23/h4-18,24-27H,19-20H2,1-3H3/t24-,25+,26+,27+/m0/s1. The normalized spacial score (nSPS) is 24.0. The molecule has 5 rings (SSSR count). The van der Waals surface area contributed by atoms with Crippen LogP contribution in [0, 0.1) is 0 Å². The highest BCUT2D eigenvalue weighted by atomic mass is 32.2. The molecule has 0 N–H and O–H groups in total. The van der Waals surface area contributed by atoms with Gasteiger partial charge in [0.25, 0.3) is 10.1 Å². The van der Waals surface area contributed by atoms with E-state index < -0.39 is 40.0 Å². The fourth-order valence-electron chi connectivity index (χ4n) is 5.17. The summed E-state index contributed by atoms with van der Waals surface area (Å²) in [5.41, 5.74) is 1.70. The largest absolute Gasteiger partial charge is 0.358 e. The number of rotatable bonds is 9. The van der Waals surface area contributed by atoms with E-state index in [0.717, 1.165) is 22.9 Å². The molecule has 4 atom stereocenters. The molecular formula is C29H32O7S. The predicted octanol–water partition coefficient (Wildman–Crippen LogP) is 4.61. The molecule has 0 saturated carbocycles. The zero-order chi connectivity index (χ0) is 26.1. The maximum absolute atomic E-state index is 12.3. The number of benzene rings is 3. The third-order valence-electron chi connectivity index (χ3n) is 6.63. The molecule has 3 aromatic rings. The second-order valence-corrected chi connectivity index (χ2v) is 11.5. The Morgan fingerprint density at radius 3 is 1.78 bits per heavy atom. The second-order valence-electron chi connectivity index (χ2n) is 9.88. The van der Waals surface area contributed by atoms with Gasteiger partial charge < -0.3 is 18.9 Å². The van der Waals surface area contributed by atoms with Crippen molar-refractivity contribution < 1.29 is 31.5 Å². The van der Waals surface area contributed by atoms with Gasteiger partial charge in [-0.25, -0.2) is 0 Å². The summed E-state index contributed by atoms with van der Waals surface area (Å²) in [5.74, 6) is -0.757. The van der Waals surface area contributed by atoms with Gasteiger partial charge >= 0.3 is 0 Å². The first kappa shape index (κ1) is 26.0. The highest BCUT2D eigenvalue weighted by Crippen LogP contribution is 2.42. The van der Waals surface area contributed by atoms with E-state index in [1.54, 1.807) is 0 Å². The van der Waals surface area contributed by atoms with Crippen LogP contribution in [0.2, 0.25) is 0 Å². The molecular weight excluding hydrogens is 492 g/mol. The van der Waals surface area contributed by atoms with E-state index in [-0.39, 0.29) is 12.7 Å². The molecule has 0 unspecified atom stereocenters. The van der Waals surface area contributed by atoms with E-state index >= 15 is 0 Å². The van der Waals surface area contributed by atoms with Crippen molar-refractivity contribution in [1.29, 1.82) is 0 Å². The van der Waals surface area contributed by atoms with Gasteiger partial charge in [0.2, 0.25) is 0 Å². The van der Waals surface area contributed by atoms with Crippen LogP contribution in [-0.2, 0) is 38.8 Å². The van der Waals surface area contributed by atoms with Gasteiger partial charge in [0.15, 0.2) is 12.1 Å². The van der Waals surface area contributed by atoms with Crippen LogP contribution in [0.25, 0.3) is 0 Å². The summed E-state index contributed by atoms with van der Waals surface area (Å²) >= 11 is 0. The highest BCUT2D eigenvalue weighted by molar-refractivity contribution is 7.86. The molecule has 0 bridgehead atoms. The Labute approximate surface area is 218 Å². The van der Waals surface area contributed by atoms with Crippen LogP contribution in [0.15, 0.2) is 91.0 Å². The Kier molecular flexibility index (Phi) is 7.24. The summed E-state index contributed by atoms with van der Waals surface area (Å²) in [6.45, 7) is 3.59. The van der Waals surface area contributed by atoms with E-state index in [2.05, 4.69) is 0 Å². The number of hydrogen-bond acceptors (Lipinski definition) is 7. The predicted molar refractivity (Wildman–Crippen MR) is 138 cm³/mol. The third-order valence-corrected chi connectivity index (χ3v) is 7.23. The van der Waals surface area contributed by atoms with Gasteiger partial charge in [-0.2, -0.15) is 8.42 Å². The van der Waals surface area contributed by atoms with Crippen LogP contribution in [0.4, 0.5) is 0 Å². The van der Waals surface area contributed by atoms with Crippen LogP contribution in [0.3, 0.4) is 0 Å². The van der Waals surface area contributed by atoms with E-state index in [1.807, 2.05) is 105 Å². The van der Waals surface area contributed by atoms with E-state index in [1.165, 1.54) is 0 Å². The first-order chi connectivity index (χ1) is 17.7. The van der Waals surface area contributed by atoms with Crippen LogP contribution in [0.5, 0.6) is 0 Å². The van der Waals surface area contributed by atoms with E-state index in [0.29, 0.717) is 6.42 Å². The topological polar surface area (TPSA) is 80.3 Å². The van der Waals surface area contributed by atoms with Crippen molar-refractivity contribution in [3.63, 3.8) is 0 Å². The molecule has 3 aromatic carbocycles. The summed E-state index contributed by atoms with van der Waals surface area (Å²) < 4.78 is 54.8. The fourth-order valence-corrected chi connectivity index (χ4v) is 5.80. The lowest BCUT2D eigenvalue weighted by molar-refractivity contribution is -0.215. The number of fused-ring (bicyclic) bond motifs is 1.